The van der Waals surface area contributed by atoms with Gasteiger partial charge in [0.25, 0.3) is 5.91 Å². The van der Waals surface area contributed by atoms with E-state index in [-0.39, 0.29) is 16.7 Å². The van der Waals surface area contributed by atoms with Crippen LogP contribution in [-0.4, -0.2) is 38.3 Å². The molecule has 2 aromatic carbocycles. The monoisotopic (exact) mass is 386 g/mol. The number of hydrogen-bond donors (Lipinski definition) is 1. The Morgan fingerprint density at radius 3 is 2.26 bits per heavy atom. The fourth-order valence-electron chi connectivity index (χ4n) is 3.28. The Bertz CT molecular complexity index is 858. The van der Waals surface area contributed by atoms with Gasteiger partial charge in [0.2, 0.25) is 10.0 Å². The van der Waals surface area contributed by atoms with Crippen LogP contribution in [0.2, 0.25) is 0 Å². The van der Waals surface area contributed by atoms with Gasteiger partial charge in [0.1, 0.15) is 0 Å². The first-order valence-corrected chi connectivity index (χ1v) is 10.9. The number of carbonyl (C=O) groups is 1. The summed E-state index contributed by atoms with van der Waals surface area (Å²) in [7, 11) is -3.46. The molecular weight excluding hydrogens is 360 g/mol. The third-order valence-corrected chi connectivity index (χ3v) is 6.92. The Morgan fingerprint density at radius 2 is 1.63 bits per heavy atom. The fraction of sp³-hybridized carbons (Fsp3) is 0.381. The summed E-state index contributed by atoms with van der Waals surface area (Å²) in [5.41, 5.74) is 1.63. The molecule has 1 aliphatic rings. The van der Waals surface area contributed by atoms with Crippen LogP contribution in [0.15, 0.2) is 59.5 Å². The second kappa shape index (κ2) is 8.67. The molecule has 0 aromatic heterocycles. The summed E-state index contributed by atoms with van der Waals surface area (Å²) in [6.45, 7) is 3.73. The SMILES string of the molecule is C[C@@H](CNC(=O)c1ccc(S(=O)(=O)N2CCCCC2)cc1)c1ccccc1. The number of amides is 1. The van der Waals surface area contributed by atoms with Gasteiger partial charge in [0, 0.05) is 25.2 Å². The van der Waals surface area contributed by atoms with Crippen molar-refractivity contribution in [1.29, 1.82) is 0 Å². The molecule has 5 nitrogen and oxygen atoms in total. The number of nitrogens with one attached hydrogen (secondary N) is 1. The molecule has 27 heavy (non-hydrogen) atoms. The molecule has 0 aliphatic carbocycles. The van der Waals surface area contributed by atoms with Crippen molar-refractivity contribution in [3.63, 3.8) is 0 Å². The van der Waals surface area contributed by atoms with Crippen molar-refractivity contribution in [2.45, 2.75) is 37.0 Å². The number of benzene rings is 2. The number of sulfonamides is 1. The van der Waals surface area contributed by atoms with Gasteiger partial charge >= 0.3 is 0 Å². The fourth-order valence-corrected chi connectivity index (χ4v) is 4.80. The lowest BCUT2D eigenvalue weighted by Gasteiger charge is -2.25. The van der Waals surface area contributed by atoms with Crippen molar-refractivity contribution in [3.05, 3.63) is 65.7 Å². The highest BCUT2D eigenvalue weighted by Gasteiger charge is 2.25. The summed E-state index contributed by atoms with van der Waals surface area (Å²) in [5.74, 6) is 0.00797. The van der Waals surface area contributed by atoms with Crippen molar-refractivity contribution in [2.24, 2.45) is 0 Å². The summed E-state index contributed by atoms with van der Waals surface area (Å²) in [5, 5.41) is 2.92. The van der Waals surface area contributed by atoms with E-state index in [0.717, 1.165) is 19.3 Å². The first-order chi connectivity index (χ1) is 13.0. The van der Waals surface area contributed by atoms with E-state index in [1.165, 1.54) is 22.0 Å². The molecule has 0 unspecified atom stereocenters. The average molecular weight is 387 g/mol. The Balaban J connectivity index is 1.62. The van der Waals surface area contributed by atoms with Crippen molar-refractivity contribution in [3.8, 4) is 0 Å². The predicted octanol–water partition coefficient (Wildman–Crippen LogP) is 3.39. The van der Waals surface area contributed by atoms with Crippen LogP contribution in [0.5, 0.6) is 0 Å². The minimum absolute atomic E-state index is 0.195. The number of hydrogen-bond acceptors (Lipinski definition) is 3. The molecule has 1 heterocycles. The topological polar surface area (TPSA) is 66.5 Å². The molecule has 0 spiro atoms. The lowest BCUT2D eigenvalue weighted by molar-refractivity contribution is 0.0951. The van der Waals surface area contributed by atoms with Gasteiger partial charge in [-0.25, -0.2) is 8.42 Å². The lowest BCUT2D eigenvalue weighted by Crippen LogP contribution is -2.35. The summed E-state index contributed by atoms with van der Waals surface area (Å²) < 4.78 is 26.9. The smallest absolute Gasteiger partial charge is 0.251 e. The molecule has 1 saturated heterocycles. The molecule has 1 amide bonds. The van der Waals surface area contributed by atoms with Gasteiger partial charge in [-0.3, -0.25) is 4.79 Å². The van der Waals surface area contributed by atoms with E-state index in [0.29, 0.717) is 25.2 Å². The molecule has 1 atom stereocenters. The normalized spacial score (nSPS) is 16.6. The van der Waals surface area contributed by atoms with Gasteiger partial charge in [-0.1, -0.05) is 43.7 Å². The van der Waals surface area contributed by atoms with Gasteiger partial charge in [0.15, 0.2) is 0 Å². The number of nitrogens with zero attached hydrogens (tertiary/aromatic N) is 1. The lowest BCUT2D eigenvalue weighted by atomic mass is 10.0. The van der Waals surface area contributed by atoms with Gasteiger partial charge in [-0.2, -0.15) is 4.31 Å². The highest BCUT2D eigenvalue weighted by molar-refractivity contribution is 7.89. The Kier molecular flexibility index (Phi) is 6.29. The molecule has 144 valence electrons. The van der Waals surface area contributed by atoms with E-state index < -0.39 is 10.0 Å². The first kappa shape index (κ1) is 19.6. The molecule has 0 bridgehead atoms. The molecule has 2 aromatic rings. The van der Waals surface area contributed by atoms with E-state index in [2.05, 4.69) is 12.2 Å². The van der Waals surface area contributed by atoms with Crippen LogP contribution in [0.25, 0.3) is 0 Å². The zero-order valence-corrected chi connectivity index (χ0v) is 16.4. The molecule has 1 N–H and O–H groups in total. The second-order valence-corrected chi connectivity index (χ2v) is 8.95. The highest BCUT2D eigenvalue weighted by atomic mass is 32.2. The Hall–Kier alpha value is -2.18. The standard InChI is InChI=1S/C21H26N2O3S/c1-17(18-8-4-2-5-9-18)16-22-21(24)19-10-12-20(13-11-19)27(25,26)23-14-6-3-7-15-23/h2,4-5,8-13,17H,3,6-7,14-16H2,1H3,(H,22,24)/t17-/m0/s1. The van der Waals surface area contributed by atoms with Gasteiger partial charge in [0.05, 0.1) is 4.90 Å². The van der Waals surface area contributed by atoms with Crippen LogP contribution in [0.3, 0.4) is 0 Å². The van der Waals surface area contributed by atoms with Crippen molar-refractivity contribution in [1.82, 2.24) is 9.62 Å². The van der Waals surface area contributed by atoms with E-state index in [1.807, 2.05) is 30.3 Å². The maximum absolute atomic E-state index is 12.7. The number of piperidine rings is 1. The van der Waals surface area contributed by atoms with Crippen LogP contribution in [0.1, 0.15) is 48.0 Å². The maximum atomic E-state index is 12.7. The summed E-state index contributed by atoms with van der Waals surface area (Å²) in [6, 6.07) is 16.2. The largest absolute Gasteiger partial charge is 0.351 e. The Labute approximate surface area is 161 Å². The van der Waals surface area contributed by atoms with Crippen LogP contribution >= 0.6 is 0 Å². The average Bonchev–Trinajstić information content (AvgIpc) is 2.73. The van der Waals surface area contributed by atoms with Crippen molar-refractivity contribution < 1.29 is 13.2 Å². The zero-order valence-electron chi connectivity index (χ0n) is 15.6. The molecule has 3 rings (SSSR count). The minimum Gasteiger partial charge on any atom is -0.351 e. The minimum atomic E-state index is -3.46. The Morgan fingerprint density at radius 1 is 1.00 bits per heavy atom. The van der Waals surface area contributed by atoms with Crippen LogP contribution in [-0.2, 0) is 10.0 Å². The molecular formula is C21H26N2O3S. The van der Waals surface area contributed by atoms with Crippen LogP contribution in [0, 0.1) is 0 Å². The summed E-state index contributed by atoms with van der Waals surface area (Å²) >= 11 is 0. The second-order valence-electron chi connectivity index (χ2n) is 7.01. The van der Waals surface area contributed by atoms with Crippen molar-refractivity contribution in [2.75, 3.05) is 19.6 Å². The molecule has 1 fully saturated rings. The number of carbonyl (C=O) groups excluding carboxylic acids is 1. The van der Waals surface area contributed by atoms with E-state index >= 15 is 0 Å². The van der Waals surface area contributed by atoms with Gasteiger partial charge < -0.3 is 5.32 Å². The third kappa shape index (κ3) is 4.76. The van der Waals surface area contributed by atoms with Gasteiger partial charge in [-0.15, -0.1) is 0 Å². The van der Waals surface area contributed by atoms with E-state index in [1.54, 1.807) is 12.1 Å². The molecule has 6 heteroatoms. The summed E-state index contributed by atoms with van der Waals surface area (Å²) in [6.07, 6.45) is 2.88. The number of rotatable bonds is 6. The quantitative estimate of drug-likeness (QED) is 0.827. The van der Waals surface area contributed by atoms with Crippen molar-refractivity contribution >= 4 is 15.9 Å². The molecule has 0 saturated carbocycles. The van der Waals surface area contributed by atoms with Crippen LogP contribution < -0.4 is 5.32 Å². The van der Waals surface area contributed by atoms with E-state index in [9.17, 15) is 13.2 Å². The highest BCUT2D eigenvalue weighted by Crippen LogP contribution is 2.21. The predicted molar refractivity (Wildman–Crippen MR) is 106 cm³/mol. The third-order valence-electron chi connectivity index (χ3n) is 5.01. The van der Waals surface area contributed by atoms with Crippen LogP contribution in [0.4, 0.5) is 0 Å². The van der Waals surface area contributed by atoms with Gasteiger partial charge in [-0.05, 0) is 48.6 Å². The van der Waals surface area contributed by atoms with E-state index in [4.69, 9.17) is 0 Å². The molecule has 0 radical (unpaired) electrons. The molecule has 1 aliphatic heterocycles. The maximum Gasteiger partial charge on any atom is 0.251 e. The summed E-state index contributed by atoms with van der Waals surface area (Å²) in [4.78, 5) is 12.6. The first-order valence-electron chi connectivity index (χ1n) is 9.42. The zero-order chi connectivity index (χ0) is 19.3.